The molecule has 0 aromatic carbocycles. The predicted octanol–water partition coefficient (Wildman–Crippen LogP) is 1.90. The van der Waals surface area contributed by atoms with Crippen molar-refractivity contribution in [3.63, 3.8) is 0 Å². The molecular formula is C11H19N3O2. The number of hydrogen-bond acceptors (Lipinski definition) is 4. The van der Waals surface area contributed by atoms with E-state index < -0.39 is 5.97 Å². The van der Waals surface area contributed by atoms with Gasteiger partial charge in [-0.2, -0.15) is 0 Å². The number of hydrogen-bond donors (Lipinski definition) is 0. The number of aryl methyl sites for hydroxylation is 1. The van der Waals surface area contributed by atoms with E-state index in [0.717, 1.165) is 18.7 Å². The number of ether oxygens (including phenoxy) is 1. The Balaban J connectivity index is 2.84. The molecule has 90 valence electrons. The van der Waals surface area contributed by atoms with E-state index in [1.807, 2.05) is 0 Å². The second-order valence-corrected chi connectivity index (χ2v) is 3.83. The minimum atomic E-state index is -0.451. The van der Waals surface area contributed by atoms with Gasteiger partial charge in [0.2, 0.25) is 0 Å². The summed E-state index contributed by atoms with van der Waals surface area (Å²) in [6.07, 6.45) is 2.12. The quantitative estimate of drug-likeness (QED) is 0.718. The van der Waals surface area contributed by atoms with Gasteiger partial charge in [-0.25, -0.2) is 9.78 Å². The van der Waals surface area contributed by atoms with Gasteiger partial charge in [0.1, 0.15) is 5.82 Å². The number of aromatic nitrogens is 3. The molecule has 1 unspecified atom stereocenters. The van der Waals surface area contributed by atoms with Crippen molar-refractivity contribution in [2.24, 2.45) is 7.05 Å². The van der Waals surface area contributed by atoms with Gasteiger partial charge in [0, 0.05) is 13.0 Å². The van der Waals surface area contributed by atoms with Crippen molar-refractivity contribution in [1.82, 2.24) is 14.8 Å². The summed E-state index contributed by atoms with van der Waals surface area (Å²) >= 11 is 0. The van der Waals surface area contributed by atoms with Crippen LogP contribution in [0.5, 0.6) is 0 Å². The monoisotopic (exact) mass is 225 g/mol. The van der Waals surface area contributed by atoms with Crippen molar-refractivity contribution in [2.75, 3.05) is 6.61 Å². The highest BCUT2D eigenvalue weighted by Crippen LogP contribution is 2.18. The highest BCUT2D eigenvalue weighted by Gasteiger charge is 2.18. The minimum absolute atomic E-state index is 0.155. The summed E-state index contributed by atoms with van der Waals surface area (Å²) in [7, 11) is 1.80. The third-order valence-electron chi connectivity index (χ3n) is 2.42. The van der Waals surface area contributed by atoms with Crippen LogP contribution in [0.2, 0.25) is 0 Å². The maximum atomic E-state index is 11.4. The highest BCUT2D eigenvalue weighted by atomic mass is 16.5. The van der Waals surface area contributed by atoms with Gasteiger partial charge < -0.3 is 4.74 Å². The molecule has 0 saturated carbocycles. The van der Waals surface area contributed by atoms with E-state index in [0.29, 0.717) is 12.5 Å². The summed E-state index contributed by atoms with van der Waals surface area (Å²) < 4.78 is 6.52. The molecule has 0 aliphatic heterocycles. The predicted molar refractivity (Wildman–Crippen MR) is 60.3 cm³/mol. The average molecular weight is 225 g/mol. The molecule has 0 N–H and O–H groups in total. The first-order chi connectivity index (χ1) is 7.60. The molecule has 1 aromatic heterocycles. The summed E-state index contributed by atoms with van der Waals surface area (Å²) in [6, 6.07) is 0. The molecule has 0 aliphatic rings. The SMILES string of the molecule is CCCC(C)c1nc(C(=O)OCC)nn1C. The Morgan fingerprint density at radius 1 is 1.50 bits per heavy atom. The molecule has 16 heavy (non-hydrogen) atoms. The lowest BCUT2D eigenvalue weighted by molar-refractivity contribution is 0.0512. The van der Waals surface area contributed by atoms with Gasteiger partial charge in [0.05, 0.1) is 6.61 Å². The molecule has 0 fully saturated rings. The van der Waals surface area contributed by atoms with E-state index in [4.69, 9.17) is 4.74 Å². The molecule has 0 aliphatic carbocycles. The van der Waals surface area contributed by atoms with Crippen LogP contribution < -0.4 is 0 Å². The first kappa shape index (κ1) is 12.7. The third-order valence-corrected chi connectivity index (χ3v) is 2.42. The van der Waals surface area contributed by atoms with Crippen LogP contribution in [0, 0.1) is 0 Å². The zero-order valence-corrected chi connectivity index (χ0v) is 10.4. The topological polar surface area (TPSA) is 57.0 Å². The van der Waals surface area contributed by atoms with Gasteiger partial charge >= 0.3 is 5.97 Å². The van der Waals surface area contributed by atoms with Crippen LogP contribution in [0.15, 0.2) is 0 Å². The highest BCUT2D eigenvalue weighted by molar-refractivity contribution is 5.84. The largest absolute Gasteiger partial charge is 0.460 e. The Bertz CT molecular complexity index is 360. The fourth-order valence-corrected chi connectivity index (χ4v) is 1.67. The van der Waals surface area contributed by atoms with E-state index in [2.05, 4.69) is 23.9 Å². The summed E-state index contributed by atoms with van der Waals surface area (Å²) in [4.78, 5) is 15.7. The van der Waals surface area contributed by atoms with Gasteiger partial charge in [0.25, 0.3) is 5.82 Å². The second kappa shape index (κ2) is 5.63. The van der Waals surface area contributed by atoms with Gasteiger partial charge in [-0.1, -0.05) is 20.3 Å². The molecule has 1 atom stereocenters. The van der Waals surface area contributed by atoms with Crippen LogP contribution in [0.25, 0.3) is 0 Å². The Morgan fingerprint density at radius 2 is 2.19 bits per heavy atom. The van der Waals surface area contributed by atoms with Gasteiger partial charge in [0.15, 0.2) is 0 Å². The van der Waals surface area contributed by atoms with Crippen molar-refractivity contribution in [3.05, 3.63) is 11.6 Å². The van der Waals surface area contributed by atoms with Crippen LogP contribution in [0.1, 0.15) is 56.0 Å². The molecule has 5 nitrogen and oxygen atoms in total. The molecule has 1 rings (SSSR count). The van der Waals surface area contributed by atoms with Crippen LogP contribution in [0.4, 0.5) is 0 Å². The fraction of sp³-hybridized carbons (Fsp3) is 0.727. The van der Waals surface area contributed by atoms with E-state index in [9.17, 15) is 4.79 Å². The van der Waals surface area contributed by atoms with Crippen LogP contribution >= 0.6 is 0 Å². The summed E-state index contributed by atoms with van der Waals surface area (Å²) in [5, 5.41) is 4.06. The molecule has 5 heteroatoms. The second-order valence-electron chi connectivity index (χ2n) is 3.83. The number of nitrogens with zero attached hydrogens (tertiary/aromatic N) is 3. The van der Waals surface area contributed by atoms with Crippen molar-refractivity contribution in [2.45, 2.75) is 39.5 Å². The lowest BCUT2D eigenvalue weighted by atomic mass is 10.1. The van der Waals surface area contributed by atoms with Crippen LogP contribution in [-0.2, 0) is 11.8 Å². The first-order valence-electron chi connectivity index (χ1n) is 5.68. The molecule has 1 aromatic rings. The first-order valence-corrected chi connectivity index (χ1v) is 5.68. The van der Waals surface area contributed by atoms with Crippen molar-refractivity contribution < 1.29 is 9.53 Å². The third kappa shape index (κ3) is 2.81. The summed E-state index contributed by atoms with van der Waals surface area (Å²) in [5.41, 5.74) is 0. The molecule has 1 heterocycles. The Labute approximate surface area is 95.8 Å². The lowest BCUT2D eigenvalue weighted by Gasteiger charge is -2.07. The number of carbonyl (C=O) groups excluding carboxylic acids is 1. The molecule has 0 spiro atoms. The zero-order valence-electron chi connectivity index (χ0n) is 10.4. The minimum Gasteiger partial charge on any atom is -0.460 e. The Morgan fingerprint density at radius 3 is 2.75 bits per heavy atom. The van der Waals surface area contributed by atoms with Crippen molar-refractivity contribution >= 4 is 5.97 Å². The van der Waals surface area contributed by atoms with Crippen molar-refractivity contribution in [1.29, 1.82) is 0 Å². The molecule has 0 amide bonds. The van der Waals surface area contributed by atoms with E-state index in [1.54, 1.807) is 18.7 Å². The maximum Gasteiger partial charge on any atom is 0.378 e. The molecule has 0 bridgehead atoms. The Hall–Kier alpha value is -1.39. The van der Waals surface area contributed by atoms with E-state index >= 15 is 0 Å². The number of carbonyl (C=O) groups is 1. The standard InChI is InChI=1S/C11H19N3O2/c1-5-7-8(3)10-12-9(13-14(10)4)11(15)16-6-2/h8H,5-7H2,1-4H3. The average Bonchev–Trinajstić information content (AvgIpc) is 2.61. The molecule has 0 radical (unpaired) electrons. The maximum absolute atomic E-state index is 11.4. The van der Waals surface area contributed by atoms with Crippen molar-refractivity contribution in [3.8, 4) is 0 Å². The molecular weight excluding hydrogens is 206 g/mol. The Kier molecular flexibility index (Phi) is 4.46. The summed E-state index contributed by atoms with van der Waals surface area (Å²) in [6.45, 7) is 6.32. The number of rotatable bonds is 5. The fourth-order valence-electron chi connectivity index (χ4n) is 1.67. The summed E-state index contributed by atoms with van der Waals surface area (Å²) in [5.74, 6) is 0.853. The lowest BCUT2D eigenvalue weighted by Crippen LogP contribution is -2.07. The van der Waals surface area contributed by atoms with Gasteiger partial charge in [-0.05, 0) is 13.3 Å². The van der Waals surface area contributed by atoms with Gasteiger partial charge in [-0.15, -0.1) is 5.10 Å². The van der Waals surface area contributed by atoms with E-state index in [1.165, 1.54) is 0 Å². The van der Waals surface area contributed by atoms with Gasteiger partial charge in [-0.3, -0.25) is 4.68 Å². The zero-order chi connectivity index (χ0) is 12.1. The normalized spacial score (nSPS) is 12.5. The van der Waals surface area contributed by atoms with E-state index in [-0.39, 0.29) is 5.82 Å². The smallest absolute Gasteiger partial charge is 0.378 e. The van der Waals surface area contributed by atoms with Crippen LogP contribution in [0.3, 0.4) is 0 Å². The van der Waals surface area contributed by atoms with Crippen LogP contribution in [-0.4, -0.2) is 27.3 Å². The molecule has 0 saturated heterocycles. The number of esters is 1.